The van der Waals surface area contributed by atoms with Crippen LogP contribution in [0.2, 0.25) is 0 Å². The van der Waals surface area contributed by atoms with Gasteiger partial charge in [0.15, 0.2) is 0 Å². The fourth-order valence-electron chi connectivity index (χ4n) is 1.97. The van der Waals surface area contributed by atoms with Crippen LogP contribution in [0.5, 0.6) is 0 Å². The number of hydrogen-bond donors (Lipinski definition) is 2. The van der Waals surface area contributed by atoms with E-state index in [0.717, 1.165) is 11.5 Å². The van der Waals surface area contributed by atoms with E-state index >= 15 is 0 Å². The van der Waals surface area contributed by atoms with E-state index in [9.17, 15) is 0 Å². The number of nitrogens with zero attached hydrogens (tertiary/aromatic N) is 1. The van der Waals surface area contributed by atoms with Gasteiger partial charge < -0.3 is 5.09 Å². The van der Waals surface area contributed by atoms with E-state index in [1.165, 1.54) is 0 Å². The number of benzene rings is 1. The largest absolute Gasteiger partial charge is 0.350 e. The Balaban J connectivity index is 2.91. The summed E-state index contributed by atoms with van der Waals surface area (Å²) in [7, 11) is -0.284. The fourth-order valence-corrected chi connectivity index (χ4v) is 4.31. The smallest absolute Gasteiger partial charge is 0.131 e. The number of rotatable bonds is 5. The zero-order chi connectivity index (χ0) is 16.0. The first kappa shape index (κ1) is 18.0. The van der Waals surface area contributed by atoms with Gasteiger partial charge in [0.2, 0.25) is 0 Å². The van der Waals surface area contributed by atoms with E-state index in [1.807, 2.05) is 30.3 Å². The first-order valence-electron chi connectivity index (χ1n) is 7.66. The minimum absolute atomic E-state index is 0.00779. The number of hydrogen-bond acceptors (Lipinski definition) is 2. The molecular weight excluding hydrogens is 277 g/mol. The molecule has 1 aromatic rings. The highest BCUT2D eigenvalue weighted by atomic mass is 31.1. The molecule has 0 radical (unpaired) electrons. The van der Waals surface area contributed by atoms with Gasteiger partial charge in [0.1, 0.15) is 5.84 Å². The number of anilines is 1. The van der Waals surface area contributed by atoms with Gasteiger partial charge in [-0.3, -0.25) is 5.43 Å². The van der Waals surface area contributed by atoms with Crippen molar-refractivity contribution in [2.75, 3.05) is 5.43 Å². The molecule has 0 amide bonds. The molecule has 0 aliphatic heterocycles. The molecule has 0 atom stereocenters. The standard InChI is InChI=1S/C17H30N3P/c1-13(2)21(14(3)4)20-16(17(5,6)7)19-18-15-11-9-8-10-12-15/h8-14,18H,1-7H3,(H,19,20). The Hall–Kier alpha value is -1.08. The number of hydrazone groups is 1. The SMILES string of the molecule is CC(C)P(NC(=NNc1ccccc1)C(C)(C)C)C(C)C. The van der Waals surface area contributed by atoms with Gasteiger partial charge in [0, 0.05) is 5.41 Å². The molecule has 1 rings (SSSR count). The van der Waals surface area contributed by atoms with Crippen molar-refractivity contribution in [3.05, 3.63) is 30.3 Å². The van der Waals surface area contributed by atoms with Crippen molar-refractivity contribution in [3.63, 3.8) is 0 Å². The highest BCUT2D eigenvalue weighted by molar-refractivity contribution is 7.57. The number of para-hydroxylation sites is 1. The maximum atomic E-state index is 4.64. The third-order valence-corrected chi connectivity index (χ3v) is 5.82. The molecule has 1 aromatic carbocycles. The van der Waals surface area contributed by atoms with Crippen LogP contribution in [0.4, 0.5) is 5.69 Å². The summed E-state index contributed by atoms with van der Waals surface area (Å²) in [4.78, 5) is 0. The third-order valence-electron chi connectivity index (χ3n) is 3.13. The van der Waals surface area contributed by atoms with E-state index in [0.29, 0.717) is 11.3 Å². The Morgan fingerprint density at radius 3 is 1.95 bits per heavy atom. The topological polar surface area (TPSA) is 36.4 Å². The van der Waals surface area contributed by atoms with Gasteiger partial charge in [-0.15, -0.1) is 0 Å². The van der Waals surface area contributed by atoms with Crippen LogP contribution >= 0.6 is 8.07 Å². The van der Waals surface area contributed by atoms with E-state index in [4.69, 9.17) is 0 Å². The summed E-state index contributed by atoms with van der Waals surface area (Å²) >= 11 is 0. The van der Waals surface area contributed by atoms with Crippen LogP contribution in [0.3, 0.4) is 0 Å². The van der Waals surface area contributed by atoms with Gasteiger partial charge in [0.25, 0.3) is 0 Å². The maximum Gasteiger partial charge on any atom is 0.131 e. The van der Waals surface area contributed by atoms with E-state index < -0.39 is 0 Å². The van der Waals surface area contributed by atoms with Gasteiger partial charge in [-0.2, -0.15) is 5.10 Å². The van der Waals surface area contributed by atoms with Gasteiger partial charge >= 0.3 is 0 Å². The van der Waals surface area contributed by atoms with Crippen molar-refractivity contribution in [2.24, 2.45) is 10.5 Å². The lowest BCUT2D eigenvalue weighted by molar-refractivity contribution is 0.578. The minimum atomic E-state index is -0.284. The monoisotopic (exact) mass is 307 g/mol. The molecule has 0 heterocycles. The Bertz CT molecular complexity index is 439. The van der Waals surface area contributed by atoms with Gasteiger partial charge in [-0.05, 0) is 31.5 Å². The molecule has 0 aliphatic carbocycles. The van der Waals surface area contributed by atoms with Crippen LogP contribution in [-0.2, 0) is 0 Å². The Labute approximate surface area is 131 Å². The summed E-state index contributed by atoms with van der Waals surface area (Å²) in [5, 5.41) is 8.36. The molecule has 3 nitrogen and oxygen atoms in total. The molecule has 0 aromatic heterocycles. The molecule has 0 saturated carbocycles. The maximum absolute atomic E-state index is 4.64. The van der Waals surface area contributed by atoms with Crippen LogP contribution in [0.1, 0.15) is 48.5 Å². The van der Waals surface area contributed by atoms with Crippen molar-refractivity contribution < 1.29 is 0 Å². The van der Waals surface area contributed by atoms with Crippen molar-refractivity contribution in [2.45, 2.75) is 59.8 Å². The number of amidine groups is 1. The van der Waals surface area contributed by atoms with E-state index in [1.54, 1.807) is 0 Å². The van der Waals surface area contributed by atoms with Crippen LogP contribution in [0.25, 0.3) is 0 Å². The molecule has 118 valence electrons. The van der Waals surface area contributed by atoms with Crippen LogP contribution in [0.15, 0.2) is 35.4 Å². The predicted molar refractivity (Wildman–Crippen MR) is 97.3 cm³/mol. The molecule has 0 bridgehead atoms. The third kappa shape index (κ3) is 6.05. The molecule has 0 saturated heterocycles. The van der Waals surface area contributed by atoms with Crippen LogP contribution in [0, 0.1) is 5.41 Å². The Morgan fingerprint density at radius 2 is 1.52 bits per heavy atom. The first-order chi connectivity index (χ1) is 9.71. The summed E-state index contributed by atoms with van der Waals surface area (Å²) in [6.07, 6.45) is 0. The Morgan fingerprint density at radius 1 is 1.00 bits per heavy atom. The molecule has 0 fully saturated rings. The lowest BCUT2D eigenvalue weighted by atomic mass is 9.96. The van der Waals surface area contributed by atoms with Gasteiger partial charge in [-0.1, -0.05) is 66.7 Å². The Kier molecular flexibility index (Phi) is 6.67. The highest BCUT2D eigenvalue weighted by Gasteiger charge is 2.25. The van der Waals surface area contributed by atoms with E-state index in [-0.39, 0.29) is 13.5 Å². The molecule has 0 aliphatic rings. The lowest BCUT2D eigenvalue weighted by Crippen LogP contribution is -2.35. The molecule has 0 spiro atoms. The summed E-state index contributed by atoms with van der Waals surface area (Å²) < 4.78 is 0. The van der Waals surface area contributed by atoms with Crippen LogP contribution in [-0.4, -0.2) is 17.2 Å². The summed E-state index contributed by atoms with van der Waals surface area (Å²) in [6, 6.07) is 10.1. The first-order valence-corrected chi connectivity index (χ1v) is 9.14. The van der Waals surface area contributed by atoms with Crippen molar-refractivity contribution in [1.29, 1.82) is 0 Å². The zero-order valence-electron chi connectivity index (χ0n) is 14.4. The second kappa shape index (κ2) is 7.79. The van der Waals surface area contributed by atoms with Gasteiger partial charge in [0.05, 0.1) is 5.69 Å². The van der Waals surface area contributed by atoms with Crippen molar-refractivity contribution in [1.82, 2.24) is 5.09 Å². The molecule has 4 heteroatoms. The average molecular weight is 307 g/mol. The molecular formula is C17H30N3P. The van der Waals surface area contributed by atoms with Crippen LogP contribution < -0.4 is 10.5 Å². The fraction of sp³-hybridized carbons (Fsp3) is 0.588. The predicted octanol–water partition coefficient (Wildman–Crippen LogP) is 5.26. The summed E-state index contributed by atoms with van der Waals surface area (Å²) in [6.45, 7) is 15.7. The van der Waals surface area contributed by atoms with Gasteiger partial charge in [-0.25, -0.2) is 0 Å². The molecule has 21 heavy (non-hydrogen) atoms. The summed E-state index contributed by atoms with van der Waals surface area (Å²) in [5.41, 5.74) is 5.43. The number of nitrogens with one attached hydrogen (secondary N) is 2. The lowest BCUT2D eigenvalue weighted by Gasteiger charge is -2.32. The van der Waals surface area contributed by atoms with E-state index in [2.05, 4.69) is 64.1 Å². The highest BCUT2D eigenvalue weighted by Crippen LogP contribution is 2.42. The molecule has 2 N–H and O–H groups in total. The zero-order valence-corrected chi connectivity index (χ0v) is 15.3. The average Bonchev–Trinajstić information content (AvgIpc) is 2.37. The quantitative estimate of drug-likeness (QED) is 0.337. The second-order valence-electron chi connectivity index (χ2n) is 6.89. The van der Waals surface area contributed by atoms with Crippen molar-refractivity contribution in [3.8, 4) is 0 Å². The molecule has 0 unspecified atom stereocenters. The minimum Gasteiger partial charge on any atom is -0.350 e. The second-order valence-corrected chi connectivity index (χ2v) is 10.00. The normalized spacial score (nSPS) is 13.1. The van der Waals surface area contributed by atoms with Crippen molar-refractivity contribution >= 4 is 19.6 Å². The summed E-state index contributed by atoms with van der Waals surface area (Å²) in [5.74, 6) is 1.03.